The fourth-order valence-corrected chi connectivity index (χ4v) is 4.60. The quantitative estimate of drug-likeness (QED) is 0.114. The molecule has 0 fully saturated rings. The summed E-state index contributed by atoms with van der Waals surface area (Å²) < 4.78 is 102. The summed E-state index contributed by atoms with van der Waals surface area (Å²) in [5.74, 6) is 4.35. The Hall–Kier alpha value is 0.0130. The van der Waals surface area contributed by atoms with Crippen LogP contribution in [0.5, 0.6) is 0 Å². The summed E-state index contributed by atoms with van der Waals surface area (Å²) in [5.41, 5.74) is 0. The van der Waals surface area contributed by atoms with Gasteiger partial charge < -0.3 is 16.0 Å². The monoisotopic (exact) mass is 910 g/mol. The van der Waals surface area contributed by atoms with Crippen LogP contribution in [-0.4, -0.2) is 68.6 Å². The fraction of sp³-hybridized carbons (Fsp3) is 0.844. The molecule has 0 N–H and O–H groups in total. The van der Waals surface area contributed by atoms with Crippen molar-refractivity contribution in [2.24, 2.45) is 35.5 Å². The minimum Gasteiger partial charge on any atom is -0.214 e. The Bertz CT molecular complexity index is 605. The largest absolute Gasteiger partial charge is 4.00 e. The zero-order chi connectivity index (χ0) is 36.4. The predicted molar refractivity (Wildman–Crippen MR) is 174 cm³/mol. The summed E-state index contributed by atoms with van der Waals surface area (Å²) in [5, 5.41) is -5.48. The van der Waals surface area contributed by atoms with E-state index in [1.54, 1.807) is 0 Å². The van der Waals surface area contributed by atoms with E-state index in [0.29, 0.717) is 0 Å². The molecule has 0 aliphatic carbocycles. The van der Waals surface area contributed by atoms with Crippen molar-refractivity contribution in [1.82, 2.24) is 0 Å². The van der Waals surface area contributed by atoms with Crippen LogP contribution >= 0.6 is 0 Å². The predicted octanol–water partition coefficient (Wildman–Crippen LogP) is 12.2. The molecule has 0 saturated carbocycles. The van der Waals surface area contributed by atoms with Gasteiger partial charge in [-0.25, -0.2) is 12.1 Å². The van der Waals surface area contributed by atoms with E-state index < -0.39 is 29.4 Å². The zero-order valence-corrected chi connectivity index (χ0v) is 35.5. The molecule has 0 atom stereocenters. The number of alkyl halides is 9. The van der Waals surface area contributed by atoms with Crippen molar-refractivity contribution in [3.63, 3.8) is 0 Å². The zero-order valence-electron chi connectivity index (χ0n) is 29.8. The van der Waals surface area contributed by atoms with Gasteiger partial charge in [-0.3, -0.25) is 0 Å². The van der Waals surface area contributed by atoms with Crippen molar-refractivity contribution in [2.45, 2.75) is 98.1 Å². The van der Waals surface area contributed by atoms with Crippen LogP contribution in [0.1, 0.15) is 83.1 Å². The molecule has 0 unspecified atom stereocenters. The molecule has 0 amide bonds. The Morgan fingerprint density at radius 1 is 0.435 bits per heavy atom. The van der Waals surface area contributed by atoms with Crippen molar-refractivity contribution >= 4 is 14.3 Å². The Morgan fingerprint density at radius 2 is 0.609 bits per heavy atom. The van der Waals surface area contributed by atoms with Crippen molar-refractivity contribution < 1.29 is 65.4 Å². The van der Waals surface area contributed by atoms with Crippen LogP contribution in [-0.2, 0) is 25.8 Å². The van der Waals surface area contributed by atoms with Gasteiger partial charge in [-0.05, 0) is 0 Å². The number of rotatable bonds is 12. The van der Waals surface area contributed by atoms with Crippen molar-refractivity contribution in [2.75, 3.05) is 39.3 Å². The number of halogens is 9. The Morgan fingerprint density at radius 3 is 0.674 bits per heavy atom. The van der Waals surface area contributed by atoms with Gasteiger partial charge in [0.1, 0.15) is 0 Å². The van der Waals surface area contributed by atoms with Gasteiger partial charge >= 0.3 is 94.7 Å². The van der Waals surface area contributed by atoms with Crippen molar-refractivity contribution in [3.8, 4) is 0 Å². The maximum Gasteiger partial charge on any atom is 4.00 e. The molecule has 1 aromatic rings. The minimum atomic E-state index is -7.10. The number of nitrogens with zero attached hydrogens (tertiary/aromatic N) is 3. The Kier molecular flexibility index (Phi) is 37.4. The van der Waals surface area contributed by atoms with Crippen LogP contribution in [0.4, 0.5) is 39.5 Å². The van der Waals surface area contributed by atoms with Gasteiger partial charge in [-0.1, -0.05) is 119 Å². The molecule has 0 heterocycles. The minimum absolute atomic E-state index is 0. The molecule has 0 aliphatic heterocycles. The summed E-state index contributed by atoms with van der Waals surface area (Å²) in [6.07, 6.45) is 0. The molecule has 0 aromatic heterocycles. The standard InChI is InChI=1S/3C8H18N.C5H5.C3F9Ge.Hf/c3*1-7(2)5-9-6-8(3)4;1-2-4-5-3-1;4-1(5,6)13(2(7,8)9)3(10,11)12;/h3*7-8H,5-6H2,1-4H3;1-5H;;/q4*-1;;+4. The van der Waals surface area contributed by atoms with Crippen LogP contribution < -0.4 is 0 Å². The second kappa shape index (κ2) is 31.0. The molecule has 1 aromatic carbocycles. The maximum atomic E-state index is 11.3. The summed E-state index contributed by atoms with van der Waals surface area (Å²) in [6, 6.07) is 10.0. The van der Waals surface area contributed by atoms with Crippen LogP contribution in [0.15, 0.2) is 30.3 Å². The summed E-state index contributed by atoms with van der Waals surface area (Å²) in [6.45, 7) is 32.5. The molecule has 46 heavy (non-hydrogen) atoms. The van der Waals surface area contributed by atoms with Crippen LogP contribution in [0, 0.1) is 35.5 Å². The smallest absolute Gasteiger partial charge is 0.214 e. The van der Waals surface area contributed by atoms with E-state index in [1.165, 1.54) is 0 Å². The molecule has 0 spiro atoms. The van der Waals surface area contributed by atoms with E-state index in [2.05, 4.69) is 99.0 Å². The third-order valence-corrected chi connectivity index (χ3v) is 7.94. The molecule has 0 saturated heterocycles. The van der Waals surface area contributed by atoms with Gasteiger partial charge in [0.25, 0.3) is 0 Å². The van der Waals surface area contributed by atoms with E-state index in [9.17, 15) is 39.5 Å². The maximum absolute atomic E-state index is 11.3. The molecule has 273 valence electrons. The average molecular weight is 908 g/mol. The van der Waals surface area contributed by atoms with Crippen LogP contribution in [0.25, 0.3) is 16.0 Å². The summed E-state index contributed by atoms with van der Waals surface area (Å²) in [7, 11) is 0. The molecule has 14 heteroatoms. The van der Waals surface area contributed by atoms with Gasteiger partial charge in [0.2, 0.25) is 0 Å². The molecular weight excluding hydrogens is 848 g/mol. The first-order valence-corrected chi connectivity index (χ1v) is 18.5. The summed E-state index contributed by atoms with van der Waals surface area (Å²) >= 11 is -7.10. The van der Waals surface area contributed by atoms with Gasteiger partial charge in [0, 0.05) is 0 Å². The normalized spacial score (nSPS) is 11.8. The Balaban J connectivity index is -0.000000155. The molecule has 1 radical (unpaired) electrons. The molecular formula is C32H59F9GeHfN3. The second-order valence-electron chi connectivity index (χ2n) is 13.0. The average Bonchev–Trinajstić information content (AvgIpc) is 3.36. The van der Waals surface area contributed by atoms with Gasteiger partial charge in [-0.15, -0.1) is 39.3 Å². The number of hydrogen-bond donors (Lipinski definition) is 0. The van der Waals surface area contributed by atoms with E-state index >= 15 is 0 Å². The van der Waals surface area contributed by atoms with Crippen LogP contribution in [0.3, 0.4) is 0 Å². The van der Waals surface area contributed by atoms with E-state index in [-0.39, 0.29) is 25.8 Å². The molecule has 0 bridgehead atoms. The van der Waals surface area contributed by atoms with E-state index in [0.717, 1.165) is 74.8 Å². The third-order valence-electron chi connectivity index (χ3n) is 4.37. The molecule has 1 rings (SSSR count). The van der Waals surface area contributed by atoms with Gasteiger partial charge in [0.15, 0.2) is 0 Å². The van der Waals surface area contributed by atoms with E-state index in [1.807, 2.05) is 30.3 Å². The van der Waals surface area contributed by atoms with E-state index in [4.69, 9.17) is 0 Å². The first kappa shape index (κ1) is 55.4. The van der Waals surface area contributed by atoms with Crippen LogP contribution in [0.2, 0.25) is 0 Å². The fourth-order valence-electron chi connectivity index (χ4n) is 2.58. The molecule has 3 nitrogen and oxygen atoms in total. The Labute approximate surface area is 297 Å². The third kappa shape index (κ3) is 48.4. The second-order valence-corrected chi connectivity index (χ2v) is 18.1. The molecule has 0 aliphatic rings. The van der Waals surface area contributed by atoms with Crippen molar-refractivity contribution in [1.29, 1.82) is 0 Å². The van der Waals surface area contributed by atoms with Crippen molar-refractivity contribution in [3.05, 3.63) is 46.3 Å². The summed E-state index contributed by atoms with van der Waals surface area (Å²) in [4.78, 5) is 0. The first-order chi connectivity index (χ1) is 20.2. The van der Waals surface area contributed by atoms with Gasteiger partial charge in [0.05, 0.1) is 0 Å². The topological polar surface area (TPSA) is 42.3 Å². The first-order valence-electron chi connectivity index (χ1n) is 15.4. The number of hydrogen-bond acceptors (Lipinski definition) is 0. The SMILES string of the molecule is CC(C)C[N-]CC(C)C.CC(C)C[N-]CC(C)C.CC(C)C[N-]CC(C)C.F[C](F)(F)[Ge]([C](F)(F)F)[C](F)(F)F.[Hf+4].c1cc[cH-]c1. The van der Waals surface area contributed by atoms with Gasteiger partial charge in [-0.2, -0.15) is 18.2 Å².